The summed E-state index contributed by atoms with van der Waals surface area (Å²) in [6.45, 7) is 1.49. The van der Waals surface area contributed by atoms with Crippen LogP contribution in [-0.2, 0) is 11.0 Å². The number of carbonyl (C=O) groups excluding carboxylic acids is 2. The lowest BCUT2D eigenvalue weighted by atomic mass is 10.2. The number of para-hydroxylation sites is 1. The Hall–Kier alpha value is -3.43. The maximum absolute atomic E-state index is 12.9. The fraction of sp³-hybridized carbons (Fsp3) is 0.263. The van der Waals surface area contributed by atoms with Gasteiger partial charge in [0.25, 0.3) is 11.8 Å². The summed E-state index contributed by atoms with van der Waals surface area (Å²) in [7, 11) is 1.41. The van der Waals surface area contributed by atoms with E-state index in [1.165, 1.54) is 37.4 Å². The highest BCUT2D eigenvalue weighted by Gasteiger charge is 2.34. The highest BCUT2D eigenvalue weighted by atomic mass is 19.4. The van der Waals surface area contributed by atoms with E-state index < -0.39 is 35.9 Å². The molecule has 0 saturated heterocycles. The first-order valence-electron chi connectivity index (χ1n) is 8.45. The van der Waals surface area contributed by atoms with Crippen LogP contribution in [0.4, 0.5) is 13.2 Å². The fourth-order valence-corrected chi connectivity index (χ4v) is 2.29. The third-order valence-corrected chi connectivity index (χ3v) is 3.59. The molecule has 2 N–H and O–H groups in total. The second-order valence-corrected chi connectivity index (χ2v) is 5.58. The zero-order valence-corrected chi connectivity index (χ0v) is 15.6. The van der Waals surface area contributed by atoms with Gasteiger partial charge in [-0.15, -0.1) is 0 Å². The quantitative estimate of drug-likeness (QED) is 0.683. The fourth-order valence-electron chi connectivity index (χ4n) is 2.29. The topological polar surface area (TPSA) is 85.9 Å². The molecule has 0 radical (unpaired) electrons. The Bertz CT molecular complexity index is 871. The van der Waals surface area contributed by atoms with Gasteiger partial charge in [0.05, 0.1) is 19.3 Å². The number of hydrazine groups is 1. The minimum absolute atomic E-state index is 0.175. The lowest BCUT2D eigenvalue weighted by molar-refractivity contribution is -0.139. The van der Waals surface area contributed by atoms with E-state index in [9.17, 15) is 22.8 Å². The summed E-state index contributed by atoms with van der Waals surface area (Å²) in [6.07, 6.45) is -4.62. The molecular formula is C19H19F3N2O5. The van der Waals surface area contributed by atoms with E-state index in [-0.39, 0.29) is 5.56 Å². The Labute approximate surface area is 164 Å². The van der Waals surface area contributed by atoms with E-state index >= 15 is 0 Å². The summed E-state index contributed by atoms with van der Waals surface area (Å²) < 4.78 is 54.1. The zero-order chi connectivity index (χ0) is 21.4. The molecule has 2 aromatic carbocycles. The van der Waals surface area contributed by atoms with E-state index in [0.29, 0.717) is 18.1 Å². The number of methoxy groups -OCH3 is 1. The maximum atomic E-state index is 12.9. The number of alkyl halides is 3. The molecule has 7 nitrogen and oxygen atoms in total. The van der Waals surface area contributed by atoms with Crippen LogP contribution in [0, 0.1) is 0 Å². The Morgan fingerprint density at radius 1 is 0.966 bits per heavy atom. The molecule has 0 fully saturated rings. The van der Waals surface area contributed by atoms with Gasteiger partial charge in [-0.05, 0) is 37.3 Å². The number of nitrogens with one attached hydrogen (secondary N) is 2. The van der Waals surface area contributed by atoms with E-state index in [4.69, 9.17) is 14.2 Å². The number of rotatable bonds is 7. The summed E-state index contributed by atoms with van der Waals surface area (Å²) in [6, 6.07) is 8.92. The van der Waals surface area contributed by atoms with Crippen LogP contribution in [-0.4, -0.2) is 32.1 Å². The first kappa shape index (κ1) is 21.9. The minimum Gasteiger partial charge on any atom is -0.493 e. The van der Waals surface area contributed by atoms with Crippen LogP contribution < -0.4 is 25.1 Å². The number of amides is 2. The Morgan fingerprint density at radius 3 is 2.34 bits per heavy atom. The Morgan fingerprint density at radius 2 is 1.69 bits per heavy atom. The molecule has 0 unspecified atom stereocenters. The van der Waals surface area contributed by atoms with Gasteiger partial charge in [0.15, 0.2) is 18.1 Å². The molecule has 0 aromatic heterocycles. The molecule has 0 aliphatic heterocycles. The van der Waals surface area contributed by atoms with Crippen molar-refractivity contribution < 1.29 is 37.0 Å². The molecule has 0 saturated carbocycles. The van der Waals surface area contributed by atoms with Crippen LogP contribution in [0.2, 0.25) is 0 Å². The molecule has 0 aliphatic carbocycles. The molecule has 0 bridgehead atoms. The first-order chi connectivity index (χ1) is 13.8. The molecule has 0 spiro atoms. The predicted molar refractivity (Wildman–Crippen MR) is 96.7 cm³/mol. The van der Waals surface area contributed by atoms with Gasteiger partial charge in [-0.2, -0.15) is 13.2 Å². The Kier molecular flexibility index (Phi) is 7.29. The lowest BCUT2D eigenvalue weighted by Crippen LogP contribution is -2.43. The molecule has 156 valence electrons. The van der Waals surface area contributed by atoms with Gasteiger partial charge in [-0.25, -0.2) is 0 Å². The summed E-state index contributed by atoms with van der Waals surface area (Å²) in [5.74, 6) is -1.20. The third kappa shape index (κ3) is 6.03. The summed E-state index contributed by atoms with van der Waals surface area (Å²) in [4.78, 5) is 23.9. The number of ether oxygens (including phenoxy) is 3. The van der Waals surface area contributed by atoms with Crippen LogP contribution in [0.5, 0.6) is 17.2 Å². The predicted octanol–water partition coefficient (Wildman–Crippen LogP) is 2.95. The van der Waals surface area contributed by atoms with Crippen molar-refractivity contribution in [3.05, 3.63) is 53.6 Å². The average molecular weight is 412 g/mol. The van der Waals surface area contributed by atoms with Crippen molar-refractivity contribution in [2.75, 3.05) is 20.3 Å². The minimum atomic E-state index is -4.62. The van der Waals surface area contributed by atoms with Crippen molar-refractivity contribution in [3.63, 3.8) is 0 Å². The van der Waals surface area contributed by atoms with Gasteiger partial charge >= 0.3 is 6.18 Å². The van der Waals surface area contributed by atoms with Gasteiger partial charge in [0.1, 0.15) is 5.75 Å². The molecule has 0 atom stereocenters. The molecule has 0 aliphatic rings. The van der Waals surface area contributed by atoms with Crippen LogP contribution in [0.1, 0.15) is 22.8 Å². The smallest absolute Gasteiger partial charge is 0.419 e. The van der Waals surface area contributed by atoms with Crippen molar-refractivity contribution in [2.45, 2.75) is 13.1 Å². The Balaban J connectivity index is 1.92. The van der Waals surface area contributed by atoms with Crippen molar-refractivity contribution in [3.8, 4) is 17.2 Å². The van der Waals surface area contributed by atoms with Gasteiger partial charge in [0.2, 0.25) is 0 Å². The van der Waals surface area contributed by atoms with Gasteiger partial charge < -0.3 is 14.2 Å². The van der Waals surface area contributed by atoms with Crippen molar-refractivity contribution >= 4 is 11.8 Å². The largest absolute Gasteiger partial charge is 0.493 e. The van der Waals surface area contributed by atoms with Crippen molar-refractivity contribution in [2.24, 2.45) is 0 Å². The third-order valence-electron chi connectivity index (χ3n) is 3.59. The summed E-state index contributed by atoms with van der Waals surface area (Å²) in [5.41, 5.74) is 3.39. The first-order valence-corrected chi connectivity index (χ1v) is 8.45. The zero-order valence-electron chi connectivity index (χ0n) is 15.6. The van der Waals surface area contributed by atoms with Crippen molar-refractivity contribution in [1.29, 1.82) is 0 Å². The van der Waals surface area contributed by atoms with E-state index in [1.54, 1.807) is 6.92 Å². The second kappa shape index (κ2) is 9.67. The standard InChI is InChI=1S/C19H19F3N2O5/c1-3-28-15-9-8-12(10-16(15)27-2)18(26)24-23-17(25)11-29-14-7-5-4-6-13(14)19(20,21)22/h4-10H,3,11H2,1-2H3,(H,23,25)(H,24,26). The number of benzene rings is 2. The van der Waals surface area contributed by atoms with Crippen LogP contribution in [0.25, 0.3) is 0 Å². The van der Waals surface area contributed by atoms with E-state index in [2.05, 4.69) is 10.9 Å². The monoisotopic (exact) mass is 412 g/mol. The number of hydrogen-bond acceptors (Lipinski definition) is 5. The van der Waals surface area contributed by atoms with Crippen LogP contribution in [0.3, 0.4) is 0 Å². The molecule has 2 aromatic rings. The lowest BCUT2D eigenvalue weighted by Gasteiger charge is -2.14. The molecule has 2 amide bonds. The average Bonchev–Trinajstić information content (AvgIpc) is 2.70. The number of carbonyl (C=O) groups is 2. The normalized spacial score (nSPS) is 10.8. The molecule has 10 heteroatoms. The number of hydrogen-bond donors (Lipinski definition) is 2. The molecule has 2 rings (SSSR count). The highest BCUT2D eigenvalue weighted by molar-refractivity contribution is 5.96. The molecule has 29 heavy (non-hydrogen) atoms. The SMILES string of the molecule is CCOc1ccc(C(=O)NNC(=O)COc2ccccc2C(F)(F)F)cc1OC. The second-order valence-electron chi connectivity index (χ2n) is 5.58. The van der Waals surface area contributed by atoms with Gasteiger partial charge in [0, 0.05) is 5.56 Å². The van der Waals surface area contributed by atoms with Gasteiger partial charge in [-0.3, -0.25) is 20.4 Å². The maximum Gasteiger partial charge on any atom is 0.419 e. The summed E-state index contributed by atoms with van der Waals surface area (Å²) in [5, 5.41) is 0. The number of halogens is 3. The van der Waals surface area contributed by atoms with Crippen molar-refractivity contribution in [1.82, 2.24) is 10.9 Å². The van der Waals surface area contributed by atoms with Gasteiger partial charge in [-0.1, -0.05) is 12.1 Å². The summed E-state index contributed by atoms with van der Waals surface area (Å²) >= 11 is 0. The molecule has 0 heterocycles. The van der Waals surface area contributed by atoms with E-state index in [1.807, 2.05) is 0 Å². The highest BCUT2D eigenvalue weighted by Crippen LogP contribution is 2.35. The van der Waals surface area contributed by atoms with E-state index in [0.717, 1.165) is 12.1 Å². The molecular weight excluding hydrogens is 393 g/mol. The van der Waals surface area contributed by atoms with Crippen LogP contribution >= 0.6 is 0 Å². The van der Waals surface area contributed by atoms with Crippen LogP contribution in [0.15, 0.2) is 42.5 Å².